The van der Waals surface area contributed by atoms with E-state index in [-0.39, 0.29) is 18.9 Å². The average Bonchev–Trinajstić information content (AvgIpc) is 3.10. The van der Waals surface area contributed by atoms with E-state index in [2.05, 4.69) is 25.4 Å². The van der Waals surface area contributed by atoms with Gasteiger partial charge in [-0.1, -0.05) is 15.9 Å². The summed E-state index contributed by atoms with van der Waals surface area (Å²) < 4.78 is 25.8. The van der Waals surface area contributed by atoms with Crippen molar-refractivity contribution in [3.63, 3.8) is 0 Å². The van der Waals surface area contributed by atoms with E-state index >= 15 is 0 Å². The molecule has 2 heterocycles. The summed E-state index contributed by atoms with van der Waals surface area (Å²) in [6, 6.07) is 0. The summed E-state index contributed by atoms with van der Waals surface area (Å²) in [7, 11) is 2.37. The summed E-state index contributed by atoms with van der Waals surface area (Å²) in [5, 5.41) is 0. The molecular weight excluding hydrogens is 376 g/mol. The second-order valence-electron chi connectivity index (χ2n) is 5.07. The van der Waals surface area contributed by atoms with Crippen LogP contribution in [0.2, 0.25) is 0 Å². The lowest BCUT2D eigenvalue weighted by atomic mass is 9.98. The molecule has 8 nitrogen and oxygen atoms in total. The van der Waals surface area contributed by atoms with Crippen LogP contribution in [0.3, 0.4) is 0 Å². The number of allylic oxidation sites excluding steroid dienone is 1. The molecule has 3 atom stereocenters. The molecule has 0 amide bonds. The highest BCUT2D eigenvalue weighted by Crippen LogP contribution is 2.34. The van der Waals surface area contributed by atoms with Crippen LogP contribution in [-0.4, -0.2) is 57.2 Å². The molecule has 0 aromatic heterocycles. The van der Waals surface area contributed by atoms with Gasteiger partial charge in [0.2, 0.25) is 0 Å². The van der Waals surface area contributed by atoms with E-state index in [9.17, 15) is 14.4 Å². The molecule has 0 aromatic rings. The van der Waals surface area contributed by atoms with Crippen LogP contribution in [0.4, 0.5) is 0 Å². The van der Waals surface area contributed by atoms with Gasteiger partial charge < -0.3 is 23.7 Å². The number of esters is 3. The van der Waals surface area contributed by atoms with Crippen molar-refractivity contribution in [1.29, 1.82) is 0 Å². The molecule has 128 valence electrons. The quantitative estimate of drug-likeness (QED) is 0.391. The first-order chi connectivity index (χ1) is 10.9. The third-order valence-corrected chi connectivity index (χ3v) is 4.06. The fourth-order valence-corrected chi connectivity index (χ4v) is 3.03. The Morgan fingerprint density at radius 1 is 1.17 bits per heavy atom. The fourth-order valence-electron chi connectivity index (χ4n) is 2.55. The number of hydrogen-bond donors (Lipinski definition) is 0. The summed E-state index contributed by atoms with van der Waals surface area (Å²) in [5.74, 6) is -2.12. The van der Waals surface area contributed by atoms with Crippen molar-refractivity contribution < 1.29 is 38.1 Å². The summed E-state index contributed by atoms with van der Waals surface area (Å²) in [6.45, 7) is 1.92. The molecule has 23 heavy (non-hydrogen) atoms. The van der Waals surface area contributed by atoms with E-state index in [1.165, 1.54) is 14.2 Å². The second-order valence-corrected chi connectivity index (χ2v) is 6.26. The van der Waals surface area contributed by atoms with E-state index in [0.29, 0.717) is 10.1 Å². The topological polar surface area (TPSA) is 97.4 Å². The Morgan fingerprint density at radius 2 is 1.70 bits per heavy atom. The molecule has 0 saturated carbocycles. The minimum atomic E-state index is -1.20. The van der Waals surface area contributed by atoms with Gasteiger partial charge in [0.25, 0.3) is 0 Å². The molecule has 0 aromatic carbocycles. The first kappa shape index (κ1) is 17.9. The van der Waals surface area contributed by atoms with Crippen LogP contribution in [-0.2, 0) is 38.1 Å². The van der Waals surface area contributed by atoms with E-state index in [1.807, 2.05) is 0 Å². The minimum Gasteiger partial charge on any atom is -0.467 e. The van der Waals surface area contributed by atoms with Crippen molar-refractivity contribution in [3.8, 4) is 0 Å². The highest BCUT2D eigenvalue weighted by atomic mass is 79.9. The van der Waals surface area contributed by atoms with E-state index in [4.69, 9.17) is 14.2 Å². The number of hydrogen-bond acceptors (Lipinski definition) is 8. The predicted molar refractivity (Wildman–Crippen MR) is 78.3 cm³/mol. The average molecular weight is 393 g/mol. The van der Waals surface area contributed by atoms with Crippen LogP contribution in [0.5, 0.6) is 0 Å². The summed E-state index contributed by atoms with van der Waals surface area (Å²) in [4.78, 5) is 35.1. The Balaban J connectivity index is 2.10. The molecule has 0 radical (unpaired) electrons. The zero-order chi connectivity index (χ0) is 17.1. The predicted octanol–water partition coefficient (Wildman–Crippen LogP) is 0.674. The van der Waals surface area contributed by atoms with Gasteiger partial charge >= 0.3 is 17.9 Å². The maximum absolute atomic E-state index is 11.7. The van der Waals surface area contributed by atoms with Gasteiger partial charge in [0, 0.05) is 16.8 Å². The summed E-state index contributed by atoms with van der Waals surface area (Å²) in [6.07, 6.45) is -3.00. The largest absolute Gasteiger partial charge is 0.467 e. The summed E-state index contributed by atoms with van der Waals surface area (Å²) in [5.41, 5.74) is 0.494. The van der Waals surface area contributed by atoms with Gasteiger partial charge in [-0.3, -0.25) is 0 Å². The Bertz CT molecular complexity index is 515. The van der Waals surface area contributed by atoms with Crippen LogP contribution in [0.1, 0.15) is 13.3 Å². The van der Waals surface area contributed by atoms with Gasteiger partial charge in [-0.2, -0.15) is 0 Å². The maximum Gasteiger partial charge on any atom is 0.338 e. The lowest BCUT2D eigenvalue weighted by molar-refractivity contribution is -0.160. The smallest absolute Gasteiger partial charge is 0.338 e. The van der Waals surface area contributed by atoms with Crippen LogP contribution in [0.15, 0.2) is 10.1 Å². The molecule has 2 aliphatic heterocycles. The van der Waals surface area contributed by atoms with Crippen LogP contribution >= 0.6 is 15.9 Å². The number of methoxy groups -OCH3 is 2. The Labute approximate surface area is 141 Å². The molecule has 0 unspecified atom stereocenters. The zero-order valence-electron chi connectivity index (χ0n) is 12.9. The molecule has 9 heteroatoms. The fraction of sp³-hybridized carbons (Fsp3) is 0.643. The highest BCUT2D eigenvalue weighted by Gasteiger charge is 2.48. The lowest BCUT2D eigenvalue weighted by Crippen LogP contribution is -2.38. The molecule has 2 rings (SSSR count). The highest BCUT2D eigenvalue weighted by molar-refractivity contribution is 9.11. The molecule has 0 N–H and O–H groups in total. The standard InChI is InChI=1S/C14H17BrO8/c1-6(15)9-7(5-21-12(9)16)4-8-22-10(13(17)19-2)11(23-8)14(18)20-3/h7-8,10-11H,4-5H2,1-3H3/b9-6-/t7-,10+,11+/m0/s1. The molecule has 0 aliphatic carbocycles. The Morgan fingerprint density at radius 3 is 2.13 bits per heavy atom. The number of halogens is 1. The molecule has 2 saturated heterocycles. The van der Waals surface area contributed by atoms with Gasteiger partial charge in [0.15, 0.2) is 18.5 Å². The van der Waals surface area contributed by atoms with Crippen molar-refractivity contribution in [2.75, 3.05) is 20.8 Å². The van der Waals surface area contributed by atoms with Gasteiger partial charge in [-0.05, 0) is 6.92 Å². The molecule has 2 aliphatic rings. The van der Waals surface area contributed by atoms with Gasteiger partial charge in [0.05, 0.1) is 26.4 Å². The third kappa shape index (κ3) is 3.73. The van der Waals surface area contributed by atoms with E-state index in [0.717, 1.165) is 0 Å². The normalized spacial score (nSPS) is 30.1. The van der Waals surface area contributed by atoms with Gasteiger partial charge in [-0.15, -0.1) is 0 Å². The maximum atomic E-state index is 11.7. The van der Waals surface area contributed by atoms with Crippen molar-refractivity contribution in [2.45, 2.75) is 31.8 Å². The SMILES string of the molecule is COC(=O)[C@@H]1OC(C[C@H]2COC(=O)/C2=C(/C)Br)O[C@H]1C(=O)OC. The number of carbonyl (C=O) groups excluding carboxylic acids is 3. The summed E-state index contributed by atoms with van der Waals surface area (Å²) >= 11 is 3.27. The second kappa shape index (κ2) is 7.41. The number of cyclic esters (lactones) is 1. The molecule has 0 spiro atoms. The Hall–Kier alpha value is -1.45. The first-order valence-electron chi connectivity index (χ1n) is 6.89. The Kier molecular flexibility index (Phi) is 5.77. The van der Waals surface area contributed by atoms with E-state index < -0.39 is 36.4 Å². The molecule has 0 bridgehead atoms. The minimum absolute atomic E-state index is 0.187. The van der Waals surface area contributed by atoms with Crippen LogP contribution in [0, 0.1) is 5.92 Å². The van der Waals surface area contributed by atoms with Crippen molar-refractivity contribution in [2.24, 2.45) is 5.92 Å². The molecule has 2 fully saturated rings. The van der Waals surface area contributed by atoms with Crippen molar-refractivity contribution in [3.05, 3.63) is 10.1 Å². The van der Waals surface area contributed by atoms with Gasteiger partial charge in [-0.25, -0.2) is 14.4 Å². The third-order valence-electron chi connectivity index (χ3n) is 3.63. The number of carbonyl (C=O) groups is 3. The first-order valence-corrected chi connectivity index (χ1v) is 7.68. The lowest BCUT2D eigenvalue weighted by Gasteiger charge is -2.14. The van der Waals surface area contributed by atoms with Crippen LogP contribution < -0.4 is 0 Å². The van der Waals surface area contributed by atoms with Crippen molar-refractivity contribution in [1.82, 2.24) is 0 Å². The number of ether oxygens (including phenoxy) is 5. The number of rotatable bonds is 4. The monoisotopic (exact) mass is 392 g/mol. The van der Waals surface area contributed by atoms with Gasteiger partial charge in [0.1, 0.15) is 0 Å². The van der Waals surface area contributed by atoms with Crippen molar-refractivity contribution >= 4 is 33.8 Å². The zero-order valence-corrected chi connectivity index (χ0v) is 14.5. The molecular formula is C14H17BrO8. The van der Waals surface area contributed by atoms with Crippen LogP contribution in [0.25, 0.3) is 0 Å². The van der Waals surface area contributed by atoms with E-state index in [1.54, 1.807) is 6.92 Å².